The van der Waals surface area contributed by atoms with Gasteiger partial charge < -0.3 is 5.32 Å². The van der Waals surface area contributed by atoms with E-state index in [4.69, 9.17) is 0 Å². The monoisotopic (exact) mass is 318 g/mol. The quantitative estimate of drug-likeness (QED) is 0.885. The lowest BCUT2D eigenvalue weighted by molar-refractivity contribution is 0.607. The largest absolute Gasteiger partial charge is 0.381 e. The first-order valence-electron chi connectivity index (χ1n) is 7.13. The molecule has 2 aromatic rings. The molecule has 0 spiro atoms. The molecule has 0 saturated heterocycles. The highest BCUT2D eigenvalue weighted by molar-refractivity contribution is 7.92. The maximum Gasteiger partial charge on any atom is 0.229 e. The number of hydrogen-bond acceptors (Lipinski definition) is 3. The first-order valence-corrected chi connectivity index (χ1v) is 9.02. The van der Waals surface area contributed by atoms with Crippen LogP contribution in [0.5, 0.6) is 0 Å². The van der Waals surface area contributed by atoms with Crippen LogP contribution < -0.4 is 10.0 Å². The molecule has 2 N–H and O–H groups in total. The Hall–Kier alpha value is -2.01. The molecule has 0 bridgehead atoms. The van der Waals surface area contributed by atoms with Gasteiger partial charge in [-0.05, 0) is 49.6 Å². The second-order valence-corrected chi connectivity index (χ2v) is 7.44. The number of benzene rings is 2. The molecular formula is C17H22N2O2S. The predicted octanol–water partition coefficient (Wildman–Crippen LogP) is 3.60. The van der Waals surface area contributed by atoms with Gasteiger partial charge in [0, 0.05) is 12.2 Å². The molecule has 2 aromatic carbocycles. The highest BCUT2D eigenvalue weighted by Gasteiger charge is 2.06. The van der Waals surface area contributed by atoms with Gasteiger partial charge in [0.05, 0.1) is 11.9 Å². The number of aryl methyl sites for hydroxylation is 3. The smallest absolute Gasteiger partial charge is 0.229 e. The van der Waals surface area contributed by atoms with E-state index in [2.05, 4.69) is 42.1 Å². The van der Waals surface area contributed by atoms with E-state index in [0.717, 1.165) is 17.5 Å². The van der Waals surface area contributed by atoms with E-state index >= 15 is 0 Å². The molecule has 0 amide bonds. The molecule has 0 radical (unpaired) electrons. The lowest BCUT2D eigenvalue weighted by atomic mass is 10.1. The topological polar surface area (TPSA) is 58.2 Å². The lowest BCUT2D eigenvalue weighted by Gasteiger charge is -2.13. The maximum atomic E-state index is 11.4. The van der Waals surface area contributed by atoms with Crippen LogP contribution in [-0.4, -0.2) is 14.7 Å². The molecule has 0 saturated carbocycles. The van der Waals surface area contributed by atoms with E-state index < -0.39 is 10.0 Å². The van der Waals surface area contributed by atoms with Gasteiger partial charge in [-0.1, -0.05) is 29.8 Å². The van der Waals surface area contributed by atoms with Gasteiger partial charge in [0.1, 0.15) is 0 Å². The Morgan fingerprint density at radius 2 is 1.68 bits per heavy atom. The normalized spacial score (nSPS) is 11.3. The molecule has 0 heterocycles. The summed E-state index contributed by atoms with van der Waals surface area (Å²) >= 11 is 0. The molecule has 2 rings (SSSR count). The van der Waals surface area contributed by atoms with Crippen molar-refractivity contribution in [1.82, 2.24) is 0 Å². The Bertz CT molecular complexity index is 783. The Morgan fingerprint density at radius 1 is 0.955 bits per heavy atom. The molecule has 0 aliphatic heterocycles. The lowest BCUT2D eigenvalue weighted by Crippen LogP contribution is -2.11. The van der Waals surface area contributed by atoms with Gasteiger partial charge in [-0.2, -0.15) is 0 Å². The average Bonchev–Trinajstić information content (AvgIpc) is 2.39. The van der Waals surface area contributed by atoms with Crippen LogP contribution in [0.3, 0.4) is 0 Å². The summed E-state index contributed by atoms with van der Waals surface area (Å²) in [6.07, 6.45) is 1.15. The number of sulfonamides is 1. The first kappa shape index (κ1) is 16.4. The minimum Gasteiger partial charge on any atom is -0.381 e. The van der Waals surface area contributed by atoms with Crippen molar-refractivity contribution < 1.29 is 8.42 Å². The van der Waals surface area contributed by atoms with Gasteiger partial charge in [0.2, 0.25) is 10.0 Å². The fourth-order valence-corrected chi connectivity index (χ4v) is 2.90. The van der Waals surface area contributed by atoms with Crippen molar-refractivity contribution in [2.45, 2.75) is 27.3 Å². The van der Waals surface area contributed by atoms with Crippen molar-refractivity contribution in [3.05, 3.63) is 58.7 Å². The summed E-state index contributed by atoms with van der Waals surface area (Å²) in [7, 11) is -3.27. The third kappa shape index (κ3) is 4.49. The Labute approximate surface area is 132 Å². The van der Waals surface area contributed by atoms with Crippen LogP contribution in [0.2, 0.25) is 0 Å². The van der Waals surface area contributed by atoms with Crippen LogP contribution in [0, 0.1) is 20.8 Å². The molecule has 0 atom stereocenters. The molecule has 0 fully saturated rings. The van der Waals surface area contributed by atoms with Crippen molar-refractivity contribution in [3.8, 4) is 0 Å². The van der Waals surface area contributed by atoms with Crippen molar-refractivity contribution in [2.75, 3.05) is 16.3 Å². The van der Waals surface area contributed by atoms with E-state index in [1.165, 1.54) is 16.7 Å². The van der Waals surface area contributed by atoms with Crippen molar-refractivity contribution in [1.29, 1.82) is 0 Å². The molecule has 0 aromatic heterocycles. The standard InChI is InChI=1S/C17H22N2O2S/c1-12-5-7-15(14(3)9-12)11-18-16-8-6-13(2)17(10-16)19-22(4,20)21/h5-10,18-19H,11H2,1-4H3. The molecule has 0 unspecified atom stereocenters. The van der Waals surface area contributed by atoms with Crippen LogP contribution in [0.25, 0.3) is 0 Å². The SMILES string of the molecule is Cc1ccc(CNc2ccc(C)c(NS(C)(=O)=O)c2)c(C)c1. The van der Waals surface area contributed by atoms with E-state index in [9.17, 15) is 8.42 Å². The third-order valence-corrected chi connectivity index (χ3v) is 4.10. The fraction of sp³-hybridized carbons (Fsp3) is 0.294. The highest BCUT2D eigenvalue weighted by Crippen LogP contribution is 2.22. The van der Waals surface area contributed by atoms with Crippen LogP contribution in [0.1, 0.15) is 22.3 Å². The van der Waals surface area contributed by atoms with E-state index in [1.807, 2.05) is 25.1 Å². The van der Waals surface area contributed by atoms with E-state index in [-0.39, 0.29) is 0 Å². The number of nitrogens with one attached hydrogen (secondary N) is 2. The second kappa shape index (κ2) is 6.40. The van der Waals surface area contributed by atoms with Gasteiger partial charge in [0.15, 0.2) is 0 Å². The van der Waals surface area contributed by atoms with Gasteiger partial charge in [-0.3, -0.25) is 4.72 Å². The van der Waals surface area contributed by atoms with Gasteiger partial charge in [-0.25, -0.2) is 8.42 Å². The Balaban J connectivity index is 2.15. The molecule has 118 valence electrons. The highest BCUT2D eigenvalue weighted by atomic mass is 32.2. The molecule has 22 heavy (non-hydrogen) atoms. The first-order chi connectivity index (χ1) is 10.2. The molecular weight excluding hydrogens is 296 g/mol. The summed E-state index contributed by atoms with van der Waals surface area (Å²) in [5, 5.41) is 3.34. The van der Waals surface area contributed by atoms with Gasteiger partial charge in [-0.15, -0.1) is 0 Å². The zero-order valence-electron chi connectivity index (χ0n) is 13.4. The van der Waals surface area contributed by atoms with Crippen molar-refractivity contribution in [2.24, 2.45) is 0 Å². The third-order valence-electron chi connectivity index (χ3n) is 3.51. The van der Waals surface area contributed by atoms with Crippen LogP contribution in [0.15, 0.2) is 36.4 Å². The van der Waals surface area contributed by atoms with Gasteiger partial charge >= 0.3 is 0 Å². The van der Waals surface area contributed by atoms with Crippen LogP contribution in [0.4, 0.5) is 11.4 Å². The zero-order chi connectivity index (χ0) is 16.3. The molecule has 4 nitrogen and oxygen atoms in total. The van der Waals surface area contributed by atoms with Crippen molar-refractivity contribution >= 4 is 21.4 Å². The Morgan fingerprint density at radius 3 is 2.32 bits per heavy atom. The summed E-state index contributed by atoms with van der Waals surface area (Å²) in [5.41, 5.74) is 6.10. The summed E-state index contributed by atoms with van der Waals surface area (Å²) in [6, 6.07) is 12.0. The van der Waals surface area contributed by atoms with Gasteiger partial charge in [0.25, 0.3) is 0 Å². The maximum absolute atomic E-state index is 11.4. The van der Waals surface area contributed by atoms with Crippen molar-refractivity contribution in [3.63, 3.8) is 0 Å². The number of rotatable bonds is 5. The molecule has 0 aliphatic rings. The van der Waals surface area contributed by atoms with E-state index in [0.29, 0.717) is 12.2 Å². The average molecular weight is 318 g/mol. The molecule has 5 heteroatoms. The Kier molecular flexibility index (Phi) is 4.76. The minimum atomic E-state index is -3.27. The summed E-state index contributed by atoms with van der Waals surface area (Å²) in [5.74, 6) is 0. The summed E-state index contributed by atoms with van der Waals surface area (Å²) in [4.78, 5) is 0. The second-order valence-electron chi connectivity index (χ2n) is 5.69. The predicted molar refractivity (Wildman–Crippen MR) is 92.9 cm³/mol. The summed E-state index contributed by atoms with van der Waals surface area (Å²) in [6.45, 7) is 6.75. The number of hydrogen-bond donors (Lipinski definition) is 2. The van der Waals surface area contributed by atoms with Crippen LogP contribution >= 0.6 is 0 Å². The fourth-order valence-electron chi connectivity index (χ4n) is 2.28. The van der Waals surface area contributed by atoms with Crippen LogP contribution in [-0.2, 0) is 16.6 Å². The van der Waals surface area contributed by atoms with E-state index in [1.54, 1.807) is 0 Å². The minimum absolute atomic E-state index is 0.605. The number of anilines is 2. The molecule has 0 aliphatic carbocycles. The summed E-state index contributed by atoms with van der Waals surface area (Å²) < 4.78 is 25.3. The zero-order valence-corrected chi connectivity index (χ0v) is 14.2.